The van der Waals surface area contributed by atoms with Crippen LogP contribution in [0.1, 0.15) is 310 Å². The standard InChI is InChI=1S/C74H124O6/c1-4-7-10-13-16-19-22-25-27-29-31-33-35-36-37-38-40-41-43-45-47-49-52-55-58-61-64-67-73(76)79-70-71(69-78-72(75)66-63-60-57-54-51-24-21-18-15-12-9-6-3)80-74(77)68-65-62-59-56-53-50-48-46-44-42-39-34-32-30-28-26-23-20-17-14-11-8-5-2/h7,10,16,18-19,21,23,25-27,30-33,36-37,39-42,71H,4-6,8-9,11-15,17,20,22,24,28-29,34-35,38,43-70H2,1-3H3/b10-7-,19-16-,21-18-,26-23-,27-25-,32-30-,33-31-,37-36-,41-40-,42-39-. The summed E-state index contributed by atoms with van der Waals surface area (Å²) in [6.07, 6.45) is 93.5. The molecule has 0 radical (unpaired) electrons. The number of carbonyl (C=O) groups excluding carboxylic acids is 3. The second-order valence-electron chi connectivity index (χ2n) is 22.0. The Morgan fingerprint density at radius 2 is 0.487 bits per heavy atom. The number of carbonyl (C=O) groups is 3. The van der Waals surface area contributed by atoms with Crippen LogP contribution in [-0.2, 0) is 28.6 Å². The monoisotopic (exact) mass is 1110 g/mol. The molecule has 80 heavy (non-hydrogen) atoms. The highest BCUT2D eigenvalue weighted by Crippen LogP contribution is 2.15. The molecule has 1 unspecified atom stereocenters. The minimum Gasteiger partial charge on any atom is -0.462 e. The molecule has 0 rings (SSSR count). The fourth-order valence-corrected chi connectivity index (χ4v) is 9.15. The zero-order valence-electron chi connectivity index (χ0n) is 52.3. The van der Waals surface area contributed by atoms with Crippen molar-refractivity contribution in [3.8, 4) is 0 Å². The summed E-state index contributed by atoms with van der Waals surface area (Å²) in [5, 5.41) is 0. The first-order chi connectivity index (χ1) is 39.5. The van der Waals surface area contributed by atoms with E-state index in [4.69, 9.17) is 14.2 Å². The minimum absolute atomic E-state index is 0.0894. The van der Waals surface area contributed by atoms with Crippen LogP contribution >= 0.6 is 0 Å². The maximum absolute atomic E-state index is 12.9. The van der Waals surface area contributed by atoms with Crippen molar-refractivity contribution in [2.45, 2.75) is 316 Å². The molecule has 0 aromatic rings. The third-order valence-corrected chi connectivity index (χ3v) is 14.2. The molecule has 0 fully saturated rings. The second-order valence-corrected chi connectivity index (χ2v) is 22.0. The number of hydrogen-bond donors (Lipinski definition) is 0. The lowest BCUT2D eigenvalue weighted by molar-refractivity contribution is -0.167. The van der Waals surface area contributed by atoms with E-state index < -0.39 is 6.10 Å². The van der Waals surface area contributed by atoms with E-state index in [0.29, 0.717) is 19.3 Å². The van der Waals surface area contributed by atoms with Crippen molar-refractivity contribution in [3.63, 3.8) is 0 Å². The van der Waals surface area contributed by atoms with Gasteiger partial charge >= 0.3 is 17.9 Å². The number of unbranched alkanes of at least 4 members (excludes halogenated alkanes) is 29. The average Bonchev–Trinajstić information content (AvgIpc) is 3.46. The molecule has 0 N–H and O–H groups in total. The second kappa shape index (κ2) is 67.3. The number of hydrogen-bond acceptors (Lipinski definition) is 6. The first-order valence-electron chi connectivity index (χ1n) is 33.5. The summed E-state index contributed by atoms with van der Waals surface area (Å²) in [6.45, 7) is 6.49. The average molecular weight is 1110 g/mol. The molecule has 0 spiro atoms. The van der Waals surface area contributed by atoms with Crippen molar-refractivity contribution in [3.05, 3.63) is 122 Å². The van der Waals surface area contributed by atoms with Crippen LogP contribution in [0.4, 0.5) is 0 Å². The van der Waals surface area contributed by atoms with E-state index in [1.165, 1.54) is 141 Å². The molecule has 0 aliphatic heterocycles. The fourth-order valence-electron chi connectivity index (χ4n) is 9.15. The zero-order chi connectivity index (χ0) is 57.8. The van der Waals surface area contributed by atoms with Gasteiger partial charge in [-0.1, -0.05) is 277 Å². The quantitative estimate of drug-likeness (QED) is 0.0261. The topological polar surface area (TPSA) is 78.9 Å². The minimum atomic E-state index is -0.793. The van der Waals surface area contributed by atoms with E-state index in [-0.39, 0.29) is 31.1 Å². The Bertz CT molecular complexity index is 1650. The Labute approximate surface area is 494 Å². The lowest BCUT2D eigenvalue weighted by Crippen LogP contribution is -2.30. The Hall–Kier alpha value is -4.19. The van der Waals surface area contributed by atoms with E-state index in [2.05, 4.69) is 142 Å². The summed E-state index contributed by atoms with van der Waals surface area (Å²) >= 11 is 0. The summed E-state index contributed by atoms with van der Waals surface area (Å²) in [5.74, 6) is -0.907. The van der Waals surface area contributed by atoms with Gasteiger partial charge in [0.1, 0.15) is 13.2 Å². The van der Waals surface area contributed by atoms with E-state index >= 15 is 0 Å². The van der Waals surface area contributed by atoms with Gasteiger partial charge in [0.25, 0.3) is 0 Å². The van der Waals surface area contributed by atoms with Gasteiger partial charge in [-0.15, -0.1) is 0 Å². The van der Waals surface area contributed by atoms with Gasteiger partial charge < -0.3 is 14.2 Å². The Morgan fingerprint density at radius 3 is 0.800 bits per heavy atom. The molecule has 0 saturated heterocycles. The Morgan fingerprint density at radius 1 is 0.263 bits per heavy atom. The van der Waals surface area contributed by atoms with Crippen molar-refractivity contribution in [1.82, 2.24) is 0 Å². The first-order valence-corrected chi connectivity index (χ1v) is 33.5. The van der Waals surface area contributed by atoms with Gasteiger partial charge in [-0.25, -0.2) is 0 Å². The van der Waals surface area contributed by atoms with E-state index in [1.54, 1.807) is 0 Å². The first kappa shape index (κ1) is 75.8. The van der Waals surface area contributed by atoms with Gasteiger partial charge in [0.15, 0.2) is 6.10 Å². The van der Waals surface area contributed by atoms with E-state index in [0.717, 1.165) is 128 Å². The van der Waals surface area contributed by atoms with Gasteiger partial charge in [-0.05, 0) is 135 Å². The van der Waals surface area contributed by atoms with Crippen molar-refractivity contribution < 1.29 is 28.6 Å². The van der Waals surface area contributed by atoms with E-state index in [1.807, 2.05) is 0 Å². The molecule has 0 bridgehead atoms. The van der Waals surface area contributed by atoms with Crippen molar-refractivity contribution in [2.24, 2.45) is 0 Å². The summed E-state index contributed by atoms with van der Waals surface area (Å²) < 4.78 is 16.9. The molecular weight excluding hydrogens is 985 g/mol. The van der Waals surface area contributed by atoms with Crippen LogP contribution in [0.15, 0.2) is 122 Å². The lowest BCUT2D eigenvalue weighted by Gasteiger charge is -2.18. The molecule has 6 nitrogen and oxygen atoms in total. The number of rotatable bonds is 60. The third-order valence-electron chi connectivity index (χ3n) is 14.2. The molecule has 6 heteroatoms. The summed E-state index contributed by atoms with van der Waals surface area (Å²) in [7, 11) is 0. The van der Waals surface area contributed by atoms with Crippen LogP contribution in [0.3, 0.4) is 0 Å². The summed E-state index contributed by atoms with van der Waals surface area (Å²) in [4.78, 5) is 38.4. The molecule has 0 heterocycles. The van der Waals surface area contributed by atoms with Crippen LogP contribution in [0.25, 0.3) is 0 Å². The van der Waals surface area contributed by atoms with Crippen LogP contribution < -0.4 is 0 Å². The number of esters is 3. The van der Waals surface area contributed by atoms with Crippen molar-refractivity contribution >= 4 is 17.9 Å². The highest BCUT2D eigenvalue weighted by molar-refractivity contribution is 5.71. The third kappa shape index (κ3) is 64.6. The Kier molecular flexibility index (Phi) is 63.8. The normalized spacial score (nSPS) is 12.9. The molecule has 0 aromatic heterocycles. The van der Waals surface area contributed by atoms with Crippen LogP contribution in [0.2, 0.25) is 0 Å². The van der Waals surface area contributed by atoms with Gasteiger partial charge in [-0.2, -0.15) is 0 Å². The molecule has 456 valence electrons. The highest BCUT2D eigenvalue weighted by Gasteiger charge is 2.19. The van der Waals surface area contributed by atoms with Crippen LogP contribution in [0.5, 0.6) is 0 Å². The fraction of sp³-hybridized carbons (Fsp3) is 0.689. The SMILES string of the molecule is CC/C=C\C/C=C\C/C=C\C/C=C\C/C=C\C/C=C\CCCCCCCCCCC(=O)OCC(COC(=O)CCCCCCC/C=C\CCCCC)OC(=O)CCCCCCCCCC/C=C\C/C=C\C/C=C\CCCCCCC. The summed E-state index contributed by atoms with van der Waals surface area (Å²) in [5.41, 5.74) is 0. The van der Waals surface area contributed by atoms with Crippen molar-refractivity contribution in [1.29, 1.82) is 0 Å². The smallest absolute Gasteiger partial charge is 0.306 e. The van der Waals surface area contributed by atoms with Gasteiger partial charge in [0, 0.05) is 19.3 Å². The van der Waals surface area contributed by atoms with Gasteiger partial charge in [-0.3, -0.25) is 14.4 Å². The zero-order valence-corrected chi connectivity index (χ0v) is 52.3. The highest BCUT2D eigenvalue weighted by atomic mass is 16.6. The molecule has 0 aliphatic carbocycles. The molecular formula is C74H124O6. The molecule has 0 saturated carbocycles. The molecule has 0 aliphatic rings. The molecule has 0 aromatic carbocycles. The lowest BCUT2D eigenvalue weighted by atomic mass is 10.1. The van der Waals surface area contributed by atoms with Crippen molar-refractivity contribution in [2.75, 3.05) is 13.2 Å². The Balaban J connectivity index is 4.34. The van der Waals surface area contributed by atoms with Gasteiger partial charge in [0.05, 0.1) is 0 Å². The summed E-state index contributed by atoms with van der Waals surface area (Å²) in [6, 6.07) is 0. The number of ether oxygens (including phenoxy) is 3. The maximum atomic E-state index is 12.9. The molecule has 0 amide bonds. The van der Waals surface area contributed by atoms with Crippen LogP contribution in [-0.4, -0.2) is 37.2 Å². The molecule has 1 atom stereocenters. The largest absolute Gasteiger partial charge is 0.462 e. The maximum Gasteiger partial charge on any atom is 0.306 e. The van der Waals surface area contributed by atoms with Crippen LogP contribution in [0, 0.1) is 0 Å². The predicted molar refractivity (Wildman–Crippen MR) is 348 cm³/mol. The number of allylic oxidation sites excluding steroid dienone is 20. The van der Waals surface area contributed by atoms with Gasteiger partial charge in [0.2, 0.25) is 0 Å². The van der Waals surface area contributed by atoms with E-state index in [9.17, 15) is 14.4 Å². The predicted octanol–water partition coefficient (Wildman–Crippen LogP) is 23.2.